The molecule has 2 rings (SSSR count). The van der Waals surface area contributed by atoms with Crippen LogP contribution in [0.2, 0.25) is 0 Å². The molecule has 0 unspecified atom stereocenters. The van der Waals surface area contributed by atoms with E-state index in [9.17, 15) is 14.4 Å². The lowest BCUT2D eigenvalue weighted by Crippen LogP contribution is -2.24. The van der Waals surface area contributed by atoms with Gasteiger partial charge in [-0.3, -0.25) is 19.3 Å². The number of fused-ring (bicyclic) bond motifs is 1. The van der Waals surface area contributed by atoms with E-state index >= 15 is 0 Å². The smallest absolute Gasteiger partial charge is 0.308 e. The van der Waals surface area contributed by atoms with Crippen LogP contribution in [-0.2, 0) is 4.79 Å². The molecule has 1 aromatic carbocycles. The molecule has 16 heavy (non-hydrogen) atoms. The quantitative estimate of drug-likeness (QED) is 0.399. The number of imide groups is 1. The third-order valence-electron chi connectivity index (χ3n) is 2.33. The highest BCUT2D eigenvalue weighted by atomic mass is 16.5. The zero-order chi connectivity index (χ0) is 11.9. The largest absolute Gasteiger partial charge is 0.426 e. The maximum absolute atomic E-state index is 11.7. The van der Waals surface area contributed by atoms with Gasteiger partial charge >= 0.3 is 5.97 Å². The number of nitrogens with zero attached hydrogens (tertiary/aromatic N) is 1. The second kappa shape index (κ2) is 3.44. The second-order valence-corrected chi connectivity index (χ2v) is 3.44. The second-order valence-electron chi connectivity index (χ2n) is 3.44. The van der Waals surface area contributed by atoms with Crippen molar-refractivity contribution >= 4 is 17.8 Å². The van der Waals surface area contributed by atoms with E-state index in [4.69, 9.17) is 4.74 Å². The Balaban J connectivity index is 2.58. The van der Waals surface area contributed by atoms with Crippen molar-refractivity contribution in [2.24, 2.45) is 0 Å². The predicted octanol–water partition coefficient (Wildman–Crippen LogP) is 0.838. The minimum Gasteiger partial charge on any atom is -0.426 e. The summed E-state index contributed by atoms with van der Waals surface area (Å²) in [6.07, 6.45) is 0. The van der Waals surface area contributed by atoms with Crippen LogP contribution in [0, 0.1) is 0 Å². The van der Waals surface area contributed by atoms with Gasteiger partial charge in [-0.15, -0.1) is 0 Å². The molecule has 0 spiro atoms. The molecule has 0 bridgehead atoms. The topological polar surface area (TPSA) is 63.7 Å². The number of carbonyl (C=O) groups is 3. The van der Waals surface area contributed by atoms with Crippen molar-refractivity contribution in [1.29, 1.82) is 0 Å². The third-order valence-corrected chi connectivity index (χ3v) is 2.33. The fourth-order valence-corrected chi connectivity index (χ4v) is 1.61. The lowest BCUT2D eigenvalue weighted by atomic mass is 10.1. The third kappa shape index (κ3) is 1.37. The Morgan fingerprint density at radius 1 is 1.25 bits per heavy atom. The van der Waals surface area contributed by atoms with Gasteiger partial charge in [0.25, 0.3) is 11.8 Å². The summed E-state index contributed by atoms with van der Waals surface area (Å²) in [4.78, 5) is 35.2. The lowest BCUT2D eigenvalue weighted by Gasteiger charge is -2.05. The van der Waals surface area contributed by atoms with E-state index in [0.717, 1.165) is 4.90 Å². The van der Waals surface area contributed by atoms with E-state index in [0.29, 0.717) is 0 Å². The van der Waals surface area contributed by atoms with Gasteiger partial charge in [0.05, 0.1) is 11.1 Å². The Labute approximate surface area is 91.6 Å². The zero-order valence-electron chi connectivity index (χ0n) is 8.81. The first-order valence-electron chi connectivity index (χ1n) is 4.66. The van der Waals surface area contributed by atoms with Crippen molar-refractivity contribution in [2.75, 3.05) is 7.05 Å². The Hall–Kier alpha value is -2.17. The Kier molecular flexibility index (Phi) is 2.23. The Morgan fingerprint density at radius 2 is 1.94 bits per heavy atom. The first-order valence-corrected chi connectivity index (χ1v) is 4.66. The van der Waals surface area contributed by atoms with Gasteiger partial charge < -0.3 is 4.74 Å². The molecular formula is C11H9NO4. The van der Waals surface area contributed by atoms with Crippen LogP contribution in [0.4, 0.5) is 0 Å². The van der Waals surface area contributed by atoms with Crippen molar-refractivity contribution in [3.8, 4) is 5.75 Å². The number of rotatable bonds is 1. The van der Waals surface area contributed by atoms with Crippen molar-refractivity contribution in [2.45, 2.75) is 6.92 Å². The lowest BCUT2D eigenvalue weighted by molar-refractivity contribution is -0.131. The molecule has 0 N–H and O–H groups in total. The first-order chi connectivity index (χ1) is 7.52. The molecule has 5 nitrogen and oxygen atoms in total. The molecule has 5 heteroatoms. The Morgan fingerprint density at radius 3 is 2.56 bits per heavy atom. The molecule has 1 aliphatic heterocycles. The van der Waals surface area contributed by atoms with Crippen molar-refractivity contribution in [3.05, 3.63) is 29.3 Å². The fraction of sp³-hybridized carbons (Fsp3) is 0.182. The number of hydrogen-bond acceptors (Lipinski definition) is 4. The molecule has 0 saturated heterocycles. The van der Waals surface area contributed by atoms with Crippen LogP contribution in [0.15, 0.2) is 18.2 Å². The standard InChI is InChI=1S/C11H9NO4/c1-6(13)16-8-5-3-4-7-9(8)11(15)12(2)10(7)14/h3-5H,1-2H3. The maximum Gasteiger partial charge on any atom is 0.308 e. The number of benzene rings is 1. The molecule has 0 saturated carbocycles. The minimum atomic E-state index is -0.525. The molecule has 1 heterocycles. The summed E-state index contributed by atoms with van der Waals surface area (Å²) in [7, 11) is 1.39. The summed E-state index contributed by atoms with van der Waals surface area (Å²) >= 11 is 0. The number of amides is 2. The molecule has 0 fully saturated rings. The molecule has 0 atom stereocenters. The van der Waals surface area contributed by atoms with Crippen molar-refractivity contribution < 1.29 is 19.1 Å². The van der Waals surface area contributed by atoms with Crippen LogP contribution >= 0.6 is 0 Å². The van der Waals surface area contributed by atoms with Crippen LogP contribution in [0.3, 0.4) is 0 Å². The average molecular weight is 219 g/mol. The van der Waals surface area contributed by atoms with Gasteiger partial charge in [0.1, 0.15) is 5.75 Å². The van der Waals surface area contributed by atoms with Crippen molar-refractivity contribution in [1.82, 2.24) is 4.90 Å². The highest BCUT2D eigenvalue weighted by molar-refractivity contribution is 6.22. The van der Waals surface area contributed by atoms with Gasteiger partial charge in [-0.05, 0) is 12.1 Å². The summed E-state index contributed by atoms with van der Waals surface area (Å²) in [5, 5.41) is 0. The summed E-state index contributed by atoms with van der Waals surface area (Å²) < 4.78 is 4.89. The molecule has 2 amide bonds. The average Bonchev–Trinajstić information content (AvgIpc) is 2.44. The SMILES string of the molecule is CC(=O)Oc1cccc2c1C(=O)N(C)C2=O. The molecular weight excluding hydrogens is 210 g/mol. The minimum absolute atomic E-state index is 0.132. The van der Waals surface area contributed by atoms with Crippen LogP contribution < -0.4 is 4.74 Å². The van der Waals surface area contributed by atoms with Gasteiger partial charge in [-0.25, -0.2) is 0 Å². The normalized spacial score (nSPS) is 14.0. The van der Waals surface area contributed by atoms with Gasteiger partial charge in [-0.2, -0.15) is 0 Å². The number of esters is 1. The highest BCUT2D eigenvalue weighted by Crippen LogP contribution is 2.30. The van der Waals surface area contributed by atoms with Gasteiger partial charge in [-0.1, -0.05) is 6.07 Å². The van der Waals surface area contributed by atoms with E-state index < -0.39 is 11.9 Å². The number of carbonyl (C=O) groups excluding carboxylic acids is 3. The summed E-state index contributed by atoms with van der Waals surface area (Å²) in [5.41, 5.74) is 0.427. The fourth-order valence-electron chi connectivity index (χ4n) is 1.61. The van der Waals surface area contributed by atoms with Crippen LogP contribution in [0.1, 0.15) is 27.6 Å². The van der Waals surface area contributed by atoms with Crippen molar-refractivity contribution in [3.63, 3.8) is 0 Å². The molecule has 0 radical (unpaired) electrons. The van der Waals surface area contributed by atoms with Crippen LogP contribution in [0.25, 0.3) is 0 Å². The van der Waals surface area contributed by atoms with E-state index in [1.165, 1.54) is 26.1 Å². The monoisotopic (exact) mass is 219 g/mol. The van der Waals surface area contributed by atoms with E-state index in [1.54, 1.807) is 6.07 Å². The number of ether oxygens (including phenoxy) is 1. The molecule has 1 aliphatic rings. The van der Waals surface area contributed by atoms with Gasteiger partial charge in [0, 0.05) is 14.0 Å². The molecule has 82 valence electrons. The predicted molar refractivity (Wildman–Crippen MR) is 54.2 cm³/mol. The van der Waals surface area contributed by atoms with Gasteiger partial charge in [0.15, 0.2) is 0 Å². The van der Waals surface area contributed by atoms with E-state index in [-0.39, 0.29) is 22.8 Å². The van der Waals surface area contributed by atoms with E-state index in [1.807, 2.05) is 0 Å². The van der Waals surface area contributed by atoms with Gasteiger partial charge in [0.2, 0.25) is 0 Å². The maximum atomic E-state index is 11.7. The summed E-state index contributed by atoms with van der Waals surface area (Å²) in [6.45, 7) is 1.24. The molecule has 1 aromatic rings. The number of hydrogen-bond donors (Lipinski definition) is 0. The van der Waals surface area contributed by atoms with Crippen LogP contribution in [0.5, 0.6) is 5.75 Å². The summed E-state index contributed by atoms with van der Waals surface area (Å²) in [6, 6.07) is 4.60. The first kappa shape index (κ1) is 10.4. The Bertz CT molecular complexity index is 507. The van der Waals surface area contributed by atoms with Crippen LogP contribution in [-0.4, -0.2) is 29.7 Å². The molecule has 0 aromatic heterocycles. The highest BCUT2D eigenvalue weighted by Gasteiger charge is 2.35. The zero-order valence-corrected chi connectivity index (χ0v) is 8.81. The summed E-state index contributed by atoms with van der Waals surface area (Å²) in [5.74, 6) is -1.22. The van der Waals surface area contributed by atoms with E-state index in [2.05, 4.69) is 0 Å². The molecule has 0 aliphatic carbocycles.